The zero-order valence-corrected chi connectivity index (χ0v) is 21.5. The largest absolute Gasteiger partial charge is 0.330 e. The van der Waals surface area contributed by atoms with Crippen LogP contribution in [0, 0.1) is 12.7 Å². The van der Waals surface area contributed by atoms with E-state index in [-0.39, 0.29) is 17.0 Å². The number of halogens is 2. The van der Waals surface area contributed by atoms with E-state index < -0.39 is 11.9 Å². The number of aromatic nitrogens is 2. The fourth-order valence-electron chi connectivity index (χ4n) is 4.24. The van der Waals surface area contributed by atoms with Gasteiger partial charge in [0, 0.05) is 17.1 Å². The number of fused-ring (bicyclic) bond motifs is 1. The number of rotatable bonds is 9. The molecular formula is C28H29ClFN5O2. The summed E-state index contributed by atoms with van der Waals surface area (Å²) in [6.07, 6.45) is 0.964. The summed E-state index contributed by atoms with van der Waals surface area (Å²) >= 11 is 6.22. The monoisotopic (exact) mass is 521 g/mol. The third kappa shape index (κ3) is 5.65. The number of nitrogens with zero attached hydrogens (tertiary/aromatic N) is 3. The molecule has 1 atom stereocenters. The molecule has 3 N–H and O–H groups in total. The van der Waals surface area contributed by atoms with E-state index in [2.05, 4.69) is 5.43 Å². The van der Waals surface area contributed by atoms with Crippen LogP contribution in [0.5, 0.6) is 0 Å². The second-order valence-electron chi connectivity index (χ2n) is 8.78. The summed E-state index contributed by atoms with van der Waals surface area (Å²) in [6, 6.07) is 17.9. The van der Waals surface area contributed by atoms with E-state index in [1.807, 2.05) is 37.3 Å². The Morgan fingerprint density at radius 3 is 2.59 bits per heavy atom. The summed E-state index contributed by atoms with van der Waals surface area (Å²) in [5, 5.41) is 0.824. The van der Waals surface area contributed by atoms with Crippen LogP contribution in [-0.2, 0) is 0 Å². The third-order valence-electron chi connectivity index (χ3n) is 6.22. The van der Waals surface area contributed by atoms with Crippen LogP contribution in [0.3, 0.4) is 0 Å². The number of hydrogen-bond acceptors (Lipinski definition) is 5. The van der Waals surface area contributed by atoms with Gasteiger partial charge >= 0.3 is 0 Å². The second kappa shape index (κ2) is 11.5. The van der Waals surface area contributed by atoms with Crippen molar-refractivity contribution in [3.8, 4) is 0 Å². The van der Waals surface area contributed by atoms with E-state index in [0.29, 0.717) is 58.9 Å². The van der Waals surface area contributed by atoms with Crippen molar-refractivity contribution in [1.82, 2.24) is 14.6 Å². The van der Waals surface area contributed by atoms with Gasteiger partial charge in [0.25, 0.3) is 11.5 Å². The Morgan fingerprint density at radius 2 is 1.92 bits per heavy atom. The van der Waals surface area contributed by atoms with Gasteiger partial charge < -0.3 is 10.6 Å². The van der Waals surface area contributed by atoms with E-state index in [4.69, 9.17) is 22.3 Å². The molecule has 0 aliphatic rings. The molecule has 0 aliphatic carbocycles. The first-order valence-corrected chi connectivity index (χ1v) is 12.5. The Hall–Kier alpha value is -3.75. The van der Waals surface area contributed by atoms with Crippen LogP contribution in [0.2, 0.25) is 5.02 Å². The highest BCUT2D eigenvalue weighted by Gasteiger charge is 2.29. The van der Waals surface area contributed by atoms with Gasteiger partial charge in [-0.3, -0.25) is 15.0 Å². The van der Waals surface area contributed by atoms with Crippen molar-refractivity contribution < 1.29 is 9.18 Å². The lowest BCUT2D eigenvalue weighted by atomic mass is 10.1. The predicted octanol–water partition coefficient (Wildman–Crippen LogP) is 5.31. The molecule has 0 radical (unpaired) electrons. The molecule has 3 aromatic carbocycles. The van der Waals surface area contributed by atoms with Crippen LogP contribution in [0.1, 0.15) is 47.6 Å². The first-order chi connectivity index (χ1) is 17.8. The molecule has 0 saturated heterocycles. The van der Waals surface area contributed by atoms with Crippen molar-refractivity contribution in [1.29, 1.82) is 0 Å². The van der Waals surface area contributed by atoms with Gasteiger partial charge in [-0.25, -0.2) is 14.1 Å². The lowest BCUT2D eigenvalue weighted by Crippen LogP contribution is -2.41. The minimum atomic E-state index is -0.615. The van der Waals surface area contributed by atoms with Gasteiger partial charge in [0.05, 0.1) is 22.6 Å². The van der Waals surface area contributed by atoms with Crippen molar-refractivity contribution in [2.45, 2.75) is 32.7 Å². The number of carbonyl (C=O) groups is 1. The number of nitrogens with two attached hydrogens (primary N) is 1. The van der Waals surface area contributed by atoms with Gasteiger partial charge in [-0.15, -0.1) is 0 Å². The molecule has 1 aromatic heterocycles. The summed E-state index contributed by atoms with van der Waals surface area (Å²) in [5.41, 5.74) is 10.4. The Bertz CT molecular complexity index is 1480. The average molecular weight is 522 g/mol. The maximum atomic E-state index is 14.4. The Kier molecular flexibility index (Phi) is 8.21. The van der Waals surface area contributed by atoms with Gasteiger partial charge in [0.1, 0.15) is 5.82 Å². The highest BCUT2D eigenvalue weighted by molar-refractivity contribution is 6.31. The first-order valence-electron chi connectivity index (χ1n) is 12.2. The van der Waals surface area contributed by atoms with Crippen LogP contribution >= 0.6 is 11.6 Å². The Morgan fingerprint density at radius 1 is 1.16 bits per heavy atom. The molecule has 0 saturated carbocycles. The fraction of sp³-hybridized carbons (Fsp3) is 0.250. The SMILES string of the molecule is CCC(c1nc2cc(Cl)ccc2c(=O)n1Nc1ccccc1)N(CCCN)C(=O)c1ccc(C)c(F)c1. The fourth-order valence-corrected chi connectivity index (χ4v) is 4.41. The van der Waals surface area contributed by atoms with Crippen molar-refractivity contribution >= 4 is 34.1 Å². The lowest BCUT2D eigenvalue weighted by molar-refractivity contribution is 0.0656. The molecule has 9 heteroatoms. The molecule has 1 unspecified atom stereocenters. The lowest BCUT2D eigenvalue weighted by Gasteiger charge is -2.32. The predicted molar refractivity (Wildman–Crippen MR) is 145 cm³/mol. The number of para-hydroxylation sites is 1. The number of amides is 1. The topological polar surface area (TPSA) is 93.2 Å². The number of carbonyl (C=O) groups excluding carboxylic acids is 1. The van der Waals surface area contributed by atoms with Crippen molar-refractivity contribution in [3.05, 3.63) is 105 Å². The van der Waals surface area contributed by atoms with Gasteiger partial charge in [-0.1, -0.05) is 42.8 Å². The molecule has 7 nitrogen and oxygen atoms in total. The Labute approximate surface area is 219 Å². The standard InChI is InChI=1S/C28H29ClFN5O2/c1-3-25(34(15-7-14-31)27(36)19-11-10-18(2)23(30)16-19)26-32-24-17-20(29)12-13-22(24)28(37)35(26)33-21-8-5-4-6-9-21/h4-6,8-13,16-17,25,33H,3,7,14-15,31H2,1-2H3. The number of aryl methyl sites for hydroxylation is 1. The molecule has 37 heavy (non-hydrogen) atoms. The average Bonchev–Trinajstić information content (AvgIpc) is 2.90. The summed E-state index contributed by atoms with van der Waals surface area (Å²) in [7, 11) is 0. The van der Waals surface area contributed by atoms with Crippen LogP contribution in [-0.4, -0.2) is 33.6 Å². The summed E-state index contributed by atoms with van der Waals surface area (Å²) in [4.78, 5) is 33.8. The number of anilines is 1. The summed E-state index contributed by atoms with van der Waals surface area (Å²) in [5.74, 6) is -0.492. The van der Waals surface area contributed by atoms with Crippen LogP contribution in [0.25, 0.3) is 10.9 Å². The molecule has 0 fully saturated rings. The molecule has 4 rings (SSSR count). The smallest absolute Gasteiger partial charge is 0.280 e. The third-order valence-corrected chi connectivity index (χ3v) is 6.45. The minimum Gasteiger partial charge on any atom is -0.330 e. The maximum Gasteiger partial charge on any atom is 0.280 e. The quantitative estimate of drug-likeness (QED) is 0.311. The molecule has 1 heterocycles. The molecule has 1 amide bonds. The summed E-state index contributed by atoms with van der Waals surface area (Å²) in [6.45, 7) is 4.21. The minimum absolute atomic E-state index is 0.215. The maximum absolute atomic E-state index is 14.4. The molecule has 0 spiro atoms. The zero-order chi connectivity index (χ0) is 26.5. The number of benzene rings is 3. The van der Waals surface area contributed by atoms with Gasteiger partial charge in [0.2, 0.25) is 0 Å². The summed E-state index contributed by atoms with van der Waals surface area (Å²) < 4.78 is 15.7. The van der Waals surface area contributed by atoms with E-state index >= 15 is 0 Å². The van der Waals surface area contributed by atoms with Crippen LogP contribution < -0.4 is 16.7 Å². The van der Waals surface area contributed by atoms with Gasteiger partial charge in [0.15, 0.2) is 5.82 Å². The number of nitrogens with one attached hydrogen (secondary N) is 1. The van der Waals surface area contributed by atoms with Crippen LogP contribution in [0.4, 0.5) is 10.1 Å². The van der Waals surface area contributed by atoms with Gasteiger partial charge in [-0.05, 0) is 74.3 Å². The molecule has 192 valence electrons. The van der Waals surface area contributed by atoms with E-state index in [9.17, 15) is 14.0 Å². The molecular weight excluding hydrogens is 493 g/mol. The van der Waals surface area contributed by atoms with Gasteiger partial charge in [-0.2, -0.15) is 0 Å². The molecule has 0 bridgehead atoms. The van der Waals surface area contributed by atoms with Crippen molar-refractivity contribution in [2.24, 2.45) is 5.73 Å². The first kappa shape index (κ1) is 26.3. The van der Waals surface area contributed by atoms with Crippen molar-refractivity contribution in [2.75, 3.05) is 18.5 Å². The second-order valence-corrected chi connectivity index (χ2v) is 9.22. The highest BCUT2D eigenvalue weighted by Crippen LogP contribution is 2.27. The molecule has 4 aromatic rings. The van der Waals surface area contributed by atoms with E-state index in [1.165, 1.54) is 10.7 Å². The van der Waals surface area contributed by atoms with E-state index in [1.54, 1.807) is 42.2 Å². The van der Waals surface area contributed by atoms with Crippen LogP contribution in [0.15, 0.2) is 71.5 Å². The number of hydrogen-bond donors (Lipinski definition) is 2. The van der Waals surface area contributed by atoms with E-state index in [0.717, 1.165) is 0 Å². The normalized spacial score (nSPS) is 11.9. The highest BCUT2D eigenvalue weighted by atomic mass is 35.5. The zero-order valence-electron chi connectivity index (χ0n) is 20.7. The Balaban J connectivity index is 1.89. The molecule has 0 aliphatic heterocycles. The van der Waals surface area contributed by atoms with Crippen molar-refractivity contribution in [3.63, 3.8) is 0 Å².